The van der Waals surface area contributed by atoms with Crippen molar-refractivity contribution in [1.82, 2.24) is 20.5 Å². The highest BCUT2D eigenvalue weighted by molar-refractivity contribution is 7.11. The molecule has 3 N–H and O–H groups in total. The molecule has 1 unspecified atom stereocenters. The first-order chi connectivity index (χ1) is 12.5. The van der Waals surface area contributed by atoms with E-state index in [2.05, 4.69) is 32.4 Å². The molecule has 0 aromatic carbocycles. The number of aliphatic imine (C=N–C) groups is 1. The fourth-order valence-electron chi connectivity index (χ4n) is 2.80. The summed E-state index contributed by atoms with van der Waals surface area (Å²) in [6.45, 7) is 11.8. The SMILES string of the molecule is CCNC(=NCC(C)(O)CN1CCOCC1)NCCc1ncc(CC)s1. The molecule has 1 saturated heterocycles. The largest absolute Gasteiger partial charge is 0.387 e. The second-order valence-electron chi connectivity index (χ2n) is 6.83. The molecular weight excluding hydrogens is 350 g/mol. The van der Waals surface area contributed by atoms with Crippen molar-refractivity contribution in [2.75, 3.05) is 52.5 Å². The van der Waals surface area contributed by atoms with E-state index in [4.69, 9.17) is 4.74 Å². The van der Waals surface area contributed by atoms with Crippen LogP contribution in [0.15, 0.2) is 11.2 Å². The second-order valence-corrected chi connectivity index (χ2v) is 8.03. The van der Waals surface area contributed by atoms with Gasteiger partial charge in [0.15, 0.2) is 5.96 Å². The van der Waals surface area contributed by atoms with Crippen molar-refractivity contribution < 1.29 is 9.84 Å². The quantitative estimate of drug-likeness (QED) is 0.434. The lowest BCUT2D eigenvalue weighted by atomic mass is 10.1. The molecule has 2 rings (SSSR count). The highest BCUT2D eigenvalue weighted by atomic mass is 32.1. The summed E-state index contributed by atoms with van der Waals surface area (Å²) in [5.74, 6) is 0.738. The topological polar surface area (TPSA) is 82.0 Å². The molecule has 0 saturated carbocycles. The van der Waals surface area contributed by atoms with Crippen molar-refractivity contribution in [3.8, 4) is 0 Å². The average Bonchev–Trinajstić information content (AvgIpc) is 3.08. The van der Waals surface area contributed by atoms with Crippen LogP contribution in [0.25, 0.3) is 0 Å². The number of ether oxygens (including phenoxy) is 1. The van der Waals surface area contributed by atoms with E-state index >= 15 is 0 Å². The Bertz CT molecular complexity index is 556. The van der Waals surface area contributed by atoms with Crippen LogP contribution in [0.3, 0.4) is 0 Å². The monoisotopic (exact) mass is 383 g/mol. The lowest BCUT2D eigenvalue weighted by Crippen LogP contribution is -2.48. The number of aliphatic hydroxyl groups is 1. The Morgan fingerprint density at radius 1 is 1.38 bits per heavy atom. The van der Waals surface area contributed by atoms with Crippen molar-refractivity contribution in [1.29, 1.82) is 0 Å². The third-order valence-electron chi connectivity index (χ3n) is 4.17. The minimum absolute atomic E-state index is 0.358. The molecule has 1 fully saturated rings. The fourth-order valence-corrected chi connectivity index (χ4v) is 3.66. The lowest BCUT2D eigenvalue weighted by Gasteiger charge is -2.33. The summed E-state index contributed by atoms with van der Waals surface area (Å²) in [6.07, 6.45) is 3.87. The Hall–Kier alpha value is -1.22. The standard InChI is InChI=1S/C18H33N5O2S/c1-4-15-12-21-16(26-15)6-7-20-17(19-5-2)22-13-18(3,24)14-23-8-10-25-11-9-23/h12,24H,4-11,13-14H2,1-3H3,(H2,19,20,22). The molecule has 148 valence electrons. The summed E-state index contributed by atoms with van der Waals surface area (Å²) in [4.78, 5) is 12.6. The van der Waals surface area contributed by atoms with Crippen molar-refractivity contribution >= 4 is 17.3 Å². The van der Waals surface area contributed by atoms with Crippen LogP contribution in [-0.2, 0) is 17.6 Å². The van der Waals surface area contributed by atoms with Crippen LogP contribution in [0.2, 0.25) is 0 Å². The lowest BCUT2D eigenvalue weighted by molar-refractivity contribution is -0.0179. The van der Waals surface area contributed by atoms with Gasteiger partial charge in [0.1, 0.15) is 0 Å². The first kappa shape index (κ1) is 21.1. The molecule has 1 aromatic rings. The van der Waals surface area contributed by atoms with Gasteiger partial charge in [-0.2, -0.15) is 0 Å². The van der Waals surface area contributed by atoms with Gasteiger partial charge in [-0.05, 0) is 20.3 Å². The smallest absolute Gasteiger partial charge is 0.191 e. The number of hydrogen-bond donors (Lipinski definition) is 3. The number of rotatable bonds is 9. The van der Waals surface area contributed by atoms with Gasteiger partial charge in [-0.1, -0.05) is 6.92 Å². The van der Waals surface area contributed by atoms with Crippen LogP contribution in [-0.4, -0.2) is 79.0 Å². The molecule has 1 aliphatic heterocycles. The molecule has 1 aromatic heterocycles. The van der Waals surface area contributed by atoms with Crippen LogP contribution >= 0.6 is 11.3 Å². The fraction of sp³-hybridized carbons (Fsp3) is 0.778. The van der Waals surface area contributed by atoms with Crippen molar-refractivity contribution in [3.63, 3.8) is 0 Å². The first-order valence-corrected chi connectivity index (χ1v) is 10.3. The maximum atomic E-state index is 10.7. The zero-order valence-electron chi connectivity index (χ0n) is 16.3. The van der Waals surface area contributed by atoms with E-state index in [-0.39, 0.29) is 0 Å². The number of guanidine groups is 1. The summed E-state index contributed by atoms with van der Waals surface area (Å²) in [7, 11) is 0. The van der Waals surface area contributed by atoms with Gasteiger partial charge >= 0.3 is 0 Å². The Morgan fingerprint density at radius 2 is 2.15 bits per heavy atom. The summed E-state index contributed by atoms with van der Waals surface area (Å²) in [5, 5.41) is 18.4. The molecule has 0 spiro atoms. The van der Waals surface area contributed by atoms with Crippen LogP contribution in [0.5, 0.6) is 0 Å². The number of aromatic nitrogens is 1. The summed E-state index contributed by atoms with van der Waals surface area (Å²) >= 11 is 1.77. The Kier molecular flexibility index (Phi) is 8.77. The maximum absolute atomic E-state index is 10.7. The van der Waals surface area contributed by atoms with Gasteiger partial charge < -0.3 is 20.5 Å². The predicted octanol–water partition coefficient (Wildman–Crippen LogP) is 0.886. The van der Waals surface area contributed by atoms with E-state index in [0.29, 0.717) is 13.1 Å². The molecule has 7 nitrogen and oxygen atoms in total. The summed E-state index contributed by atoms with van der Waals surface area (Å²) < 4.78 is 5.36. The van der Waals surface area contributed by atoms with E-state index in [9.17, 15) is 5.11 Å². The molecule has 0 aliphatic carbocycles. The average molecular weight is 384 g/mol. The number of β-amino-alcohol motifs (C(OH)–C–C–N with tert-alkyl or cyclic N) is 1. The number of hydrogen-bond acceptors (Lipinski definition) is 6. The van der Waals surface area contributed by atoms with Gasteiger partial charge in [0, 0.05) is 50.2 Å². The second kappa shape index (κ2) is 10.8. The molecular formula is C18H33N5O2S. The van der Waals surface area contributed by atoms with Crippen LogP contribution < -0.4 is 10.6 Å². The Morgan fingerprint density at radius 3 is 2.81 bits per heavy atom. The number of aryl methyl sites for hydroxylation is 1. The van der Waals surface area contributed by atoms with Gasteiger partial charge in [0.05, 0.1) is 30.4 Å². The molecule has 0 radical (unpaired) electrons. The Balaban J connectivity index is 1.80. The minimum atomic E-state index is -0.856. The van der Waals surface area contributed by atoms with Gasteiger partial charge in [-0.25, -0.2) is 4.98 Å². The van der Waals surface area contributed by atoms with Gasteiger partial charge in [-0.15, -0.1) is 11.3 Å². The number of nitrogens with one attached hydrogen (secondary N) is 2. The molecule has 0 amide bonds. The van der Waals surface area contributed by atoms with Crippen LogP contribution in [0, 0.1) is 0 Å². The van der Waals surface area contributed by atoms with Crippen LogP contribution in [0.1, 0.15) is 30.7 Å². The van der Waals surface area contributed by atoms with E-state index in [1.54, 1.807) is 11.3 Å². The third-order valence-corrected chi connectivity index (χ3v) is 5.37. The van der Waals surface area contributed by atoms with E-state index < -0.39 is 5.60 Å². The predicted molar refractivity (Wildman–Crippen MR) is 107 cm³/mol. The van der Waals surface area contributed by atoms with Crippen molar-refractivity contribution in [2.45, 2.75) is 39.2 Å². The molecule has 2 heterocycles. The zero-order valence-corrected chi connectivity index (χ0v) is 17.1. The molecule has 1 atom stereocenters. The minimum Gasteiger partial charge on any atom is -0.387 e. The van der Waals surface area contributed by atoms with Gasteiger partial charge in [0.2, 0.25) is 0 Å². The first-order valence-electron chi connectivity index (χ1n) is 9.50. The number of thiazole rings is 1. The van der Waals surface area contributed by atoms with Crippen LogP contribution in [0.4, 0.5) is 0 Å². The maximum Gasteiger partial charge on any atom is 0.191 e. The highest BCUT2D eigenvalue weighted by Gasteiger charge is 2.25. The summed E-state index contributed by atoms with van der Waals surface area (Å²) in [6, 6.07) is 0. The van der Waals surface area contributed by atoms with E-state index in [0.717, 1.165) is 63.2 Å². The molecule has 1 aliphatic rings. The van der Waals surface area contributed by atoms with Gasteiger partial charge in [0.25, 0.3) is 0 Å². The molecule has 8 heteroatoms. The summed E-state index contributed by atoms with van der Waals surface area (Å²) in [5.41, 5.74) is -0.856. The highest BCUT2D eigenvalue weighted by Crippen LogP contribution is 2.13. The van der Waals surface area contributed by atoms with Crippen molar-refractivity contribution in [3.05, 3.63) is 16.1 Å². The molecule has 0 bridgehead atoms. The Labute approximate surface area is 160 Å². The van der Waals surface area contributed by atoms with Gasteiger partial charge in [-0.3, -0.25) is 9.89 Å². The third kappa shape index (κ3) is 7.57. The normalized spacial score (nSPS) is 18.5. The zero-order chi connectivity index (χ0) is 18.8. The van der Waals surface area contributed by atoms with Crippen molar-refractivity contribution in [2.24, 2.45) is 4.99 Å². The number of morpholine rings is 1. The van der Waals surface area contributed by atoms with E-state index in [1.165, 1.54) is 4.88 Å². The number of nitrogens with zero attached hydrogens (tertiary/aromatic N) is 3. The van der Waals surface area contributed by atoms with E-state index in [1.807, 2.05) is 20.0 Å². The molecule has 26 heavy (non-hydrogen) atoms.